The van der Waals surface area contributed by atoms with Gasteiger partial charge < -0.3 is 15.8 Å². The minimum absolute atomic E-state index is 0.180. The fourth-order valence-electron chi connectivity index (χ4n) is 1.37. The lowest BCUT2D eigenvalue weighted by molar-refractivity contribution is -0.119. The Morgan fingerprint density at radius 1 is 1.32 bits per heavy atom. The summed E-state index contributed by atoms with van der Waals surface area (Å²) >= 11 is 0. The standard InChI is InChI=1S/C12H12N4O3/c13-11(17)7-19-10-3-1-9(2-4-10)16-12(18)8-5-14-15-6-8/h1-6H,7H2,(H2,13,17)(H,14,15)(H,16,18). The number of amides is 2. The lowest BCUT2D eigenvalue weighted by atomic mass is 10.2. The van der Waals surface area contributed by atoms with Crippen LogP contribution in [0.3, 0.4) is 0 Å². The predicted molar refractivity (Wildman–Crippen MR) is 67.7 cm³/mol. The van der Waals surface area contributed by atoms with Crippen molar-refractivity contribution < 1.29 is 14.3 Å². The largest absolute Gasteiger partial charge is 0.484 e. The fourth-order valence-corrected chi connectivity index (χ4v) is 1.37. The summed E-state index contributed by atoms with van der Waals surface area (Å²) in [6.07, 6.45) is 2.93. The Morgan fingerprint density at radius 3 is 2.63 bits per heavy atom. The van der Waals surface area contributed by atoms with Crippen LogP contribution in [-0.2, 0) is 4.79 Å². The highest BCUT2D eigenvalue weighted by molar-refractivity contribution is 6.03. The molecule has 0 fully saturated rings. The second-order valence-corrected chi connectivity index (χ2v) is 3.72. The lowest BCUT2D eigenvalue weighted by Crippen LogP contribution is -2.20. The topological polar surface area (TPSA) is 110 Å². The van der Waals surface area contributed by atoms with E-state index in [1.807, 2.05) is 0 Å². The van der Waals surface area contributed by atoms with E-state index in [1.165, 1.54) is 12.4 Å². The normalized spacial score (nSPS) is 9.89. The van der Waals surface area contributed by atoms with E-state index in [9.17, 15) is 9.59 Å². The number of nitrogens with one attached hydrogen (secondary N) is 2. The molecule has 7 nitrogen and oxygen atoms in total. The zero-order valence-corrected chi connectivity index (χ0v) is 9.92. The summed E-state index contributed by atoms with van der Waals surface area (Å²) in [4.78, 5) is 22.3. The molecule has 98 valence electrons. The summed E-state index contributed by atoms with van der Waals surface area (Å²) < 4.78 is 5.10. The average Bonchev–Trinajstić information content (AvgIpc) is 2.92. The van der Waals surface area contributed by atoms with Crippen molar-refractivity contribution in [1.82, 2.24) is 10.2 Å². The van der Waals surface area contributed by atoms with Gasteiger partial charge in [-0.15, -0.1) is 0 Å². The van der Waals surface area contributed by atoms with Crippen LogP contribution in [0, 0.1) is 0 Å². The number of rotatable bonds is 5. The van der Waals surface area contributed by atoms with Crippen LogP contribution < -0.4 is 15.8 Å². The maximum atomic E-state index is 11.7. The van der Waals surface area contributed by atoms with Gasteiger partial charge in [-0.25, -0.2) is 0 Å². The molecule has 0 aliphatic carbocycles. The van der Waals surface area contributed by atoms with Gasteiger partial charge in [0.1, 0.15) is 5.75 Å². The molecule has 0 saturated heterocycles. The SMILES string of the molecule is NC(=O)COc1ccc(NC(=O)c2cn[nH]c2)cc1. The molecule has 1 aromatic heterocycles. The number of anilines is 1. The van der Waals surface area contributed by atoms with Crippen molar-refractivity contribution in [3.05, 3.63) is 42.2 Å². The van der Waals surface area contributed by atoms with Gasteiger partial charge >= 0.3 is 0 Å². The molecule has 4 N–H and O–H groups in total. The maximum Gasteiger partial charge on any atom is 0.258 e. The quantitative estimate of drug-likeness (QED) is 0.728. The molecule has 0 saturated carbocycles. The molecule has 0 unspecified atom stereocenters. The first-order valence-corrected chi connectivity index (χ1v) is 5.46. The number of H-pyrrole nitrogens is 1. The smallest absolute Gasteiger partial charge is 0.258 e. The first-order valence-electron chi connectivity index (χ1n) is 5.46. The first kappa shape index (κ1) is 12.6. The molecule has 0 radical (unpaired) electrons. The summed E-state index contributed by atoms with van der Waals surface area (Å²) in [6, 6.07) is 6.59. The zero-order valence-electron chi connectivity index (χ0n) is 9.92. The number of nitrogens with two attached hydrogens (primary N) is 1. The van der Waals surface area contributed by atoms with Crippen LogP contribution in [0.1, 0.15) is 10.4 Å². The van der Waals surface area contributed by atoms with Crippen molar-refractivity contribution in [1.29, 1.82) is 0 Å². The van der Waals surface area contributed by atoms with E-state index >= 15 is 0 Å². The maximum absolute atomic E-state index is 11.7. The lowest BCUT2D eigenvalue weighted by Gasteiger charge is -2.06. The molecular formula is C12H12N4O3. The minimum Gasteiger partial charge on any atom is -0.484 e. The summed E-state index contributed by atoms with van der Waals surface area (Å²) in [5, 5.41) is 8.94. The number of nitrogens with zero attached hydrogens (tertiary/aromatic N) is 1. The van der Waals surface area contributed by atoms with Gasteiger partial charge in [-0.3, -0.25) is 14.7 Å². The highest BCUT2D eigenvalue weighted by atomic mass is 16.5. The second kappa shape index (κ2) is 5.67. The number of hydrogen-bond donors (Lipinski definition) is 3. The van der Waals surface area contributed by atoms with Crippen molar-refractivity contribution >= 4 is 17.5 Å². The van der Waals surface area contributed by atoms with Gasteiger partial charge in [-0.1, -0.05) is 0 Å². The molecule has 19 heavy (non-hydrogen) atoms. The number of aromatic nitrogens is 2. The first-order chi connectivity index (χ1) is 9.15. The summed E-state index contributed by atoms with van der Waals surface area (Å²) in [5.41, 5.74) is 6.01. The molecule has 0 spiro atoms. The second-order valence-electron chi connectivity index (χ2n) is 3.72. The molecule has 0 bridgehead atoms. The Morgan fingerprint density at radius 2 is 2.05 bits per heavy atom. The van der Waals surface area contributed by atoms with E-state index in [4.69, 9.17) is 10.5 Å². The number of carbonyl (C=O) groups excluding carboxylic acids is 2. The Labute approximate surface area is 108 Å². The van der Waals surface area contributed by atoms with Gasteiger partial charge in [-0.2, -0.15) is 5.10 Å². The fraction of sp³-hybridized carbons (Fsp3) is 0.0833. The third-order valence-corrected chi connectivity index (χ3v) is 2.25. The highest BCUT2D eigenvalue weighted by Gasteiger charge is 2.06. The van der Waals surface area contributed by atoms with Gasteiger partial charge in [0.25, 0.3) is 11.8 Å². The molecule has 0 atom stereocenters. The number of benzene rings is 1. The zero-order chi connectivity index (χ0) is 13.7. The molecule has 2 aromatic rings. The number of primary amides is 1. The van der Waals surface area contributed by atoms with E-state index in [-0.39, 0.29) is 12.5 Å². The predicted octanol–water partition coefficient (Wildman–Crippen LogP) is 0.526. The summed E-state index contributed by atoms with van der Waals surface area (Å²) in [6.45, 7) is -0.180. The van der Waals surface area contributed by atoms with Crippen LogP contribution in [0.25, 0.3) is 0 Å². The Bertz CT molecular complexity index is 563. The molecule has 0 aliphatic rings. The van der Waals surface area contributed by atoms with Gasteiger partial charge in [0.05, 0.1) is 11.8 Å². The van der Waals surface area contributed by atoms with E-state index in [1.54, 1.807) is 24.3 Å². The van der Waals surface area contributed by atoms with Crippen molar-refractivity contribution in [2.75, 3.05) is 11.9 Å². The van der Waals surface area contributed by atoms with Crippen LogP contribution in [0.4, 0.5) is 5.69 Å². The van der Waals surface area contributed by atoms with Crippen LogP contribution in [0.5, 0.6) is 5.75 Å². The van der Waals surface area contributed by atoms with E-state index in [2.05, 4.69) is 15.5 Å². The summed E-state index contributed by atoms with van der Waals surface area (Å²) in [7, 11) is 0. The Hall–Kier alpha value is -2.83. The van der Waals surface area contributed by atoms with E-state index < -0.39 is 5.91 Å². The third kappa shape index (κ3) is 3.56. The molecule has 1 aromatic carbocycles. The number of ether oxygens (including phenoxy) is 1. The van der Waals surface area contributed by atoms with Gasteiger partial charge in [0, 0.05) is 11.9 Å². The van der Waals surface area contributed by atoms with Gasteiger partial charge in [-0.05, 0) is 24.3 Å². The molecule has 0 aliphatic heterocycles. The average molecular weight is 260 g/mol. The van der Waals surface area contributed by atoms with Crippen molar-refractivity contribution in [2.45, 2.75) is 0 Å². The minimum atomic E-state index is -0.544. The highest BCUT2D eigenvalue weighted by Crippen LogP contribution is 2.16. The number of aromatic amines is 1. The van der Waals surface area contributed by atoms with E-state index in [0.29, 0.717) is 17.0 Å². The van der Waals surface area contributed by atoms with Crippen LogP contribution in [0.2, 0.25) is 0 Å². The number of hydrogen-bond acceptors (Lipinski definition) is 4. The summed E-state index contributed by atoms with van der Waals surface area (Å²) in [5.74, 6) is -0.308. The van der Waals surface area contributed by atoms with Crippen molar-refractivity contribution in [3.8, 4) is 5.75 Å². The van der Waals surface area contributed by atoms with Crippen LogP contribution >= 0.6 is 0 Å². The van der Waals surface area contributed by atoms with E-state index in [0.717, 1.165) is 0 Å². The molecule has 2 rings (SSSR count). The van der Waals surface area contributed by atoms with Crippen LogP contribution in [-0.4, -0.2) is 28.6 Å². The Balaban J connectivity index is 1.95. The third-order valence-electron chi connectivity index (χ3n) is 2.25. The van der Waals surface area contributed by atoms with Crippen LogP contribution in [0.15, 0.2) is 36.7 Å². The monoisotopic (exact) mass is 260 g/mol. The number of carbonyl (C=O) groups is 2. The molecule has 2 amide bonds. The molecular weight excluding hydrogens is 248 g/mol. The molecule has 7 heteroatoms. The van der Waals surface area contributed by atoms with Crippen molar-refractivity contribution in [3.63, 3.8) is 0 Å². The Kier molecular flexibility index (Phi) is 3.77. The van der Waals surface area contributed by atoms with Crippen molar-refractivity contribution in [2.24, 2.45) is 5.73 Å². The van der Waals surface area contributed by atoms with Gasteiger partial charge in [0.2, 0.25) is 0 Å². The molecule has 1 heterocycles. The van der Waals surface area contributed by atoms with Gasteiger partial charge in [0.15, 0.2) is 6.61 Å².